The molecule has 2 unspecified atom stereocenters. The van der Waals surface area contributed by atoms with Crippen LogP contribution in [-0.2, 0) is 9.59 Å². The minimum atomic E-state index is 0. The first kappa shape index (κ1) is 17.5. The number of amides is 2. The Hall–Kier alpha value is -0.810. The normalized spacial score (nSPS) is 27.3. The number of nitrogens with zero attached hydrogens (tertiary/aromatic N) is 2. The van der Waals surface area contributed by atoms with Crippen LogP contribution < -0.4 is 5.32 Å². The van der Waals surface area contributed by atoms with Gasteiger partial charge < -0.3 is 15.1 Å². The molecule has 1 N–H and O–H groups in total. The lowest BCUT2D eigenvalue weighted by molar-refractivity contribution is -0.146. The Morgan fingerprint density at radius 3 is 2.68 bits per heavy atom. The number of halogens is 1. The van der Waals surface area contributed by atoms with Crippen LogP contribution in [0.4, 0.5) is 0 Å². The lowest BCUT2D eigenvalue weighted by atomic mass is 9.85. The van der Waals surface area contributed by atoms with Gasteiger partial charge in [-0.25, -0.2) is 0 Å². The number of hydrogen-bond donors (Lipinski definition) is 1. The predicted molar refractivity (Wildman–Crippen MR) is 87.9 cm³/mol. The van der Waals surface area contributed by atoms with E-state index in [0.29, 0.717) is 30.8 Å². The van der Waals surface area contributed by atoms with Crippen molar-refractivity contribution >= 4 is 24.2 Å². The van der Waals surface area contributed by atoms with Crippen LogP contribution in [-0.4, -0.2) is 60.4 Å². The van der Waals surface area contributed by atoms with Crippen molar-refractivity contribution in [2.45, 2.75) is 45.1 Å². The maximum absolute atomic E-state index is 12.4. The molecule has 126 valence electrons. The van der Waals surface area contributed by atoms with Gasteiger partial charge in [-0.2, -0.15) is 0 Å². The van der Waals surface area contributed by atoms with E-state index in [-0.39, 0.29) is 24.2 Å². The Bertz CT molecular complexity index is 408. The maximum atomic E-state index is 12.4. The standard InChI is InChI=1S/C16H27N3O2.ClH/c1-12(13-3-2-6-17-10-13)9-15(20)18-7-8-19(14-4-5-14)16(21)11-18;/h12-14,17H,2-11H2,1H3;1H. The van der Waals surface area contributed by atoms with Gasteiger partial charge in [0.05, 0.1) is 6.54 Å². The summed E-state index contributed by atoms with van der Waals surface area (Å²) < 4.78 is 0. The monoisotopic (exact) mass is 329 g/mol. The largest absolute Gasteiger partial charge is 0.336 e. The third kappa shape index (κ3) is 4.13. The summed E-state index contributed by atoms with van der Waals surface area (Å²) in [6, 6.07) is 0.474. The molecule has 3 aliphatic rings. The highest BCUT2D eigenvalue weighted by Crippen LogP contribution is 2.28. The summed E-state index contributed by atoms with van der Waals surface area (Å²) in [5.41, 5.74) is 0. The van der Waals surface area contributed by atoms with Gasteiger partial charge in [-0.1, -0.05) is 6.92 Å². The molecule has 2 atom stereocenters. The smallest absolute Gasteiger partial charge is 0.242 e. The number of carbonyl (C=O) groups excluding carboxylic acids is 2. The first-order chi connectivity index (χ1) is 10.1. The van der Waals surface area contributed by atoms with E-state index in [2.05, 4.69) is 12.2 Å². The van der Waals surface area contributed by atoms with Gasteiger partial charge in [0.25, 0.3) is 0 Å². The zero-order chi connectivity index (χ0) is 14.8. The second kappa shape index (κ2) is 7.64. The molecule has 6 heteroatoms. The van der Waals surface area contributed by atoms with Crippen molar-refractivity contribution in [3.8, 4) is 0 Å². The Balaban J connectivity index is 0.00000176. The van der Waals surface area contributed by atoms with Crippen LogP contribution in [0.5, 0.6) is 0 Å². The number of piperidine rings is 1. The molecule has 0 bridgehead atoms. The Labute approximate surface area is 139 Å². The molecule has 0 spiro atoms. The molecule has 1 saturated carbocycles. The molecule has 0 aromatic rings. The number of hydrogen-bond acceptors (Lipinski definition) is 3. The molecule has 2 saturated heterocycles. The van der Waals surface area contributed by atoms with E-state index in [0.717, 1.165) is 39.0 Å². The highest BCUT2D eigenvalue weighted by atomic mass is 35.5. The topological polar surface area (TPSA) is 52.7 Å². The molecule has 2 amide bonds. The molecular formula is C16H28ClN3O2. The van der Waals surface area contributed by atoms with Crippen LogP contribution >= 0.6 is 12.4 Å². The van der Waals surface area contributed by atoms with Crippen LogP contribution in [0.1, 0.15) is 39.0 Å². The summed E-state index contributed by atoms with van der Waals surface area (Å²) in [5.74, 6) is 1.31. The van der Waals surface area contributed by atoms with Gasteiger partial charge in [0, 0.05) is 25.6 Å². The minimum Gasteiger partial charge on any atom is -0.336 e. The van der Waals surface area contributed by atoms with Crippen molar-refractivity contribution < 1.29 is 9.59 Å². The van der Waals surface area contributed by atoms with Crippen molar-refractivity contribution in [3.05, 3.63) is 0 Å². The maximum Gasteiger partial charge on any atom is 0.242 e. The Morgan fingerprint density at radius 2 is 2.09 bits per heavy atom. The molecule has 0 aromatic carbocycles. The third-order valence-corrected chi connectivity index (χ3v) is 5.23. The second-order valence-electron chi connectivity index (χ2n) is 6.92. The van der Waals surface area contributed by atoms with E-state index in [9.17, 15) is 9.59 Å². The quantitative estimate of drug-likeness (QED) is 0.845. The number of piperazine rings is 1. The first-order valence-electron chi connectivity index (χ1n) is 8.43. The first-order valence-corrected chi connectivity index (χ1v) is 8.43. The van der Waals surface area contributed by atoms with Crippen molar-refractivity contribution in [2.24, 2.45) is 11.8 Å². The molecular weight excluding hydrogens is 302 g/mol. The highest BCUT2D eigenvalue weighted by molar-refractivity contribution is 5.86. The van der Waals surface area contributed by atoms with E-state index in [1.165, 1.54) is 12.8 Å². The summed E-state index contributed by atoms with van der Waals surface area (Å²) in [6.45, 7) is 6.06. The summed E-state index contributed by atoms with van der Waals surface area (Å²) >= 11 is 0. The SMILES string of the molecule is CC(CC(=O)N1CCN(C2CC2)C(=O)C1)C1CCCNC1.Cl. The van der Waals surface area contributed by atoms with Gasteiger partial charge in [0.1, 0.15) is 0 Å². The van der Waals surface area contributed by atoms with Gasteiger partial charge in [0.2, 0.25) is 11.8 Å². The van der Waals surface area contributed by atoms with Crippen LogP contribution in [0.25, 0.3) is 0 Å². The summed E-state index contributed by atoms with van der Waals surface area (Å²) in [6.07, 6.45) is 5.30. The Morgan fingerprint density at radius 1 is 1.32 bits per heavy atom. The summed E-state index contributed by atoms with van der Waals surface area (Å²) in [5, 5.41) is 3.42. The average molecular weight is 330 g/mol. The van der Waals surface area contributed by atoms with Crippen LogP contribution in [0.2, 0.25) is 0 Å². The molecule has 2 aliphatic heterocycles. The van der Waals surface area contributed by atoms with E-state index in [1.54, 1.807) is 4.90 Å². The number of nitrogens with one attached hydrogen (secondary N) is 1. The van der Waals surface area contributed by atoms with Gasteiger partial charge in [-0.05, 0) is 50.6 Å². The zero-order valence-electron chi connectivity index (χ0n) is 13.4. The van der Waals surface area contributed by atoms with E-state index in [4.69, 9.17) is 0 Å². The fourth-order valence-electron chi connectivity index (χ4n) is 3.61. The van der Waals surface area contributed by atoms with Crippen LogP contribution in [0.3, 0.4) is 0 Å². The predicted octanol–water partition coefficient (Wildman–Crippen LogP) is 1.27. The van der Waals surface area contributed by atoms with Crippen LogP contribution in [0.15, 0.2) is 0 Å². The zero-order valence-corrected chi connectivity index (χ0v) is 14.2. The average Bonchev–Trinajstić information content (AvgIpc) is 3.32. The summed E-state index contributed by atoms with van der Waals surface area (Å²) in [4.78, 5) is 28.3. The van der Waals surface area contributed by atoms with E-state index in [1.807, 2.05) is 4.90 Å². The molecule has 1 aliphatic carbocycles. The fourth-order valence-corrected chi connectivity index (χ4v) is 3.61. The summed E-state index contributed by atoms with van der Waals surface area (Å²) in [7, 11) is 0. The lowest BCUT2D eigenvalue weighted by Gasteiger charge is -2.36. The highest BCUT2D eigenvalue weighted by Gasteiger charge is 2.37. The van der Waals surface area contributed by atoms with Crippen molar-refractivity contribution in [1.82, 2.24) is 15.1 Å². The molecule has 0 aromatic heterocycles. The fraction of sp³-hybridized carbons (Fsp3) is 0.875. The van der Waals surface area contributed by atoms with Crippen molar-refractivity contribution in [1.29, 1.82) is 0 Å². The molecule has 22 heavy (non-hydrogen) atoms. The molecule has 0 radical (unpaired) electrons. The molecule has 3 rings (SSSR count). The van der Waals surface area contributed by atoms with Gasteiger partial charge in [0.15, 0.2) is 0 Å². The lowest BCUT2D eigenvalue weighted by Crippen LogP contribution is -2.53. The molecule has 5 nitrogen and oxygen atoms in total. The van der Waals surface area contributed by atoms with Crippen molar-refractivity contribution in [3.63, 3.8) is 0 Å². The van der Waals surface area contributed by atoms with Gasteiger partial charge in [-0.3, -0.25) is 9.59 Å². The van der Waals surface area contributed by atoms with Gasteiger partial charge >= 0.3 is 0 Å². The van der Waals surface area contributed by atoms with Crippen LogP contribution in [0, 0.1) is 11.8 Å². The van der Waals surface area contributed by atoms with E-state index < -0.39 is 0 Å². The third-order valence-electron chi connectivity index (χ3n) is 5.23. The van der Waals surface area contributed by atoms with E-state index >= 15 is 0 Å². The number of rotatable bonds is 4. The Kier molecular flexibility index (Phi) is 6.09. The number of carbonyl (C=O) groups is 2. The minimum absolute atomic E-state index is 0. The van der Waals surface area contributed by atoms with Gasteiger partial charge in [-0.15, -0.1) is 12.4 Å². The molecule has 2 heterocycles. The second-order valence-corrected chi connectivity index (χ2v) is 6.92. The van der Waals surface area contributed by atoms with Crippen molar-refractivity contribution in [2.75, 3.05) is 32.7 Å². The molecule has 3 fully saturated rings.